The Kier molecular flexibility index (Phi) is 8.47. The summed E-state index contributed by atoms with van der Waals surface area (Å²) in [4.78, 5) is 38.3. The molecule has 0 N–H and O–H groups in total. The maximum atomic E-state index is 13.5. The van der Waals surface area contributed by atoms with Crippen molar-refractivity contribution in [3.8, 4) is 11.5 Å². The van der Waals surface area contributed by atoms with Crippen LogP contribution < -0.4 is 9.47 Å². The molecule has 2 aromatic carbocycles. The van der Waals surface area contributed by atoms with E-state index in [1.165, 1.54) is 12.7 Å². The largest absolute Gasteiger partial charge is 0.495 e. The minimum atomic E-state index is -0.485. The zero-order chi connectivity index (χ0) is 26.5. The number of rotatable bonds is 3. The molecule has 2 aliphatic rings. The van der Waals surface area contributed by atoms with Crippen LogP contribution in [-0.2, 0) is 14.3 Å². The van der Waals surface area contributed by atoms with Crippen LogP contribution in [-0.4, -0.2) is 30.9 Å². The van der Waals surface area contributed by atoms with Crippen molar-refractivity contribution in [3.63, 3.8) is 0 Å². The lowest BCUT2D eigenvalue weighted by atomic mass is 9.83. The van der Waals surface area contributed by atoms with E-state index in [0.29, 0.717) is 66.2 Å². The number of carbonyl (C=O) groups excluding carboxylic acids is 3. The van der Waals surface area contributed by atoms with E-state index in [1.54, 1.807) is 6.07 Å². The lowest BCUT2D eigenvalue weighted by Crippen LogP contribution is -2.24. The van der Waals surface area contributed by atoms with E-state index < -0.39 is 5.97 Å². The first kappa shape index (κ1) is 26.6. The summed E-state index contributed by atoms with van der Waals surface area (Å²) >= 11 is 0. The van der Waals surface area contributed by atoms with E-state index in [2.05, 4.69) is 26.0 Å². The Hall–Kier alpha value is -3.41. The van der Waals surface area contributed by atoms with Gasteiger partial charge >= 0.3 is 11.9 Å². The molecule has 2 heterocycles. The number of benzene rings is 2. The smallest absolute Gasteiger partial charge is 0.342 e. The third-order valence-electron chi connectivity index (χ3n) is 7.17. The van der Waals surface area contributed by atoms with E-state index in [0.717, 1.165) is 12.0 Å². The monoisotopic (exact) mass is 504 g/mol. The Morgan fingerprint density at radius 2 is 1.76 bits per heavy atom. The molecule has 196 valence electrons. The van der Waals surface area contributed by atoms with Crippen LogP contribution in [0.2, 0.25) is 0 Å². The van der Waals surface area contributed by atoms with Gasteiger partial charge in [0.05, 0.1) is 19.6 Å². The molecule has 6 heteroatoms. The number of hydrogen-bond acceptors (Lipinski definition) is 6. The van der Waals surface area contributed by atoms with Crippen molar-refractivity contribution < 1.29 is 28.6 Å². The number of allylic oxidation sites excluding steroid dienone is 1. The Balaban J connectivity index is 1.83. The van der Waals surface area contributed by atoms with Gasteiger partial charge in [-0.15, -0.1) is 0 Å². The van der Waals surface area contributed by atoms with Crippen molar-refractivity contribution in [3.05, 3.63) is 64.2 Å². The van der Waals surface area contributed by atoms with Crippen molar-refractivity contribution in [2.24, 2.45) is 0 Å². The fourth-order valence-corrected chi connectivity index (χ4v) is 5.11. The second kappa shape index (κ2) is 11.8. The van der Waals surface area contributed by atoms with Gasteiger partial charge in [-0.1, -0.05) is 50.3 Å². The summed E-state index contributed by atoms with van der Waals surface area (Å²) < 4.78 is 17.4. The molecular formula is C31H36O6. The predicted molar refractivity (Wildman–Crippen MR) is 142 cm³/mol. The average molecular weight is 505 g/mol. The number of carbonyl (C=O) groups is 3. The third kappa shape index (κ3) is 6.12. The number of fused-ring (bicyclic) bond motifs is 2. The molecule has 0 fully saturated rings. The molecule has 0 amide bonds. The Morgan fingerprint density at radius 3 is 2.46 bits per heavy atom. The second-order valence-electron chi connectivity index (χ2n) is 10.3. The standard InChI is InChI=1S/C31H36O6/c1-19(2)21-13-15-22(16-14-21)25-18-27(33)37-26-17-23-10-6-5-7-11-24(32)12-8-9-20(3)36-31(34)28(23)30(35-4)29(25)26/h6,10,13-17,19-20,25H,5,7-9,11-12,18H2,1-4H3. The molecule has 0 bridgehead atoms. The lowest BCUT2D eigenvalue weighted by Gasteiger charge is -2.29. The fraction of sp³-hybridized carbons (Fsp3) is 0.452. The molecule has 4 rings (SSSR count). The number of ether oxygens (including phenoxy) is 3. The summed E-state index contributed by atoms with van der Waals surface area (Å²) in [6.45, 7) is 6.12. The topological polar surface area (TPSA) is 78.9 Å². The molecule has 0 aliphatic carbocycles. The highest BCUT2D eigenvalue weighted by Gasteiger charge is 2.36. The Labute approximate surface area is 219 Å². The highest BCUT2D eigenvalue weighted by atomic mass is 16.5. The summed E-state index contributed by atoms with van der Waals surface area (Å²) in [5.41, 5.74) is 3.76. The molecule has 2 aromatic rings. The average Bonchev–Trinajstić information content (AvgIpc) is 2.86. The van der Waals surface area contributed by atoms with Crippen LogP contribution in [0.15, 0.2) is 36.4 Å². The molecule has 2 atom stereocenters. The van der Waals surface area contributed by atoms with Crippen LogP contribution in [0.3, 0.4) is 0 Å². The van der Waals surface area contributed by atoms with Gasteiger partial charge in [-0.2, -0.15) is 0 Å². The Bertz CT molecular complexity index is 1190. The quantitative estimate of drug-likeness (QED) is 0.340. The first-order valence-electron chi connectivity index (χ1n) is 13.2. The van der Waals surface area contributed by atoms with Crippen molar-refractivity contribution in [1.82, 2.24) is 0 Å². The maximum absolute atomic E-state index is 13.5. The SMILES string of the molecule is COc1c2c(cc3c1C(c1ccc(C(C)C)cc1)CC(=O)O3)C=CCCCC(=O)CCCC(C)OC2=O. The zero-order valence-corrected chi connectivity index (χ0v) is 22.2. The summed E-state index contributed by atoms with van der Waals surface area (Å²) in [6.07, 6.45) is 7.34. The predicted octanol–water partition coefficient (Wildman–Crippen LogP) is 6.74. The van der Waals surface area contributed by atoms with E-state index >= 15 is 0 Å². The minimum Gasteiger partial charge on any atom is -0.495 e. The van der Waals surface area contributed by atoms with E-state index in [9.17, 15) is 14.4 Å². The normalized spacial score (nSPS) is 20.9. The van der Waals surface area contributed by atoms with E-state index in [1.807, 2.05) is 31.2 Å². The molecule has 2 aliphatic heterocycles. The van der Waals surface area contributed by atoms with Gasteiger partial charge < -0.3 is 14.2 Å². The molecular weight excluding hydrogens is 468 g/mol. The van der Waals surface area contributed by atoms with Crippen LogP contribution in [0.5, 0.6) is 11.5 Å². The second-order valence-corrected chi connectivity index (χ2v) is 10.3. The third-order valence-corrected chi connectivity index (χ3v) is 7.17. The molecule has 0 saturated carbocycles. The van der Waals surface area contributed by atoms with Crippen molar-refractivity contribution in [1.29, 1.82) is 0 Å². The van der Waals surface area contributed by atoms with Gasteiger partial charge in [-0.25, -0.2) is 4.79 Å². The van der Waals surface area contributed by atoms with Gasteiger partial charge in [0, 0.05) is 24.3 Å². The molecule has 0 spiro atoms. The number of cyclic esters (lactones) is 1. The highest BCUT2D eigenvalue weighted by molar-refractivity contribution is 5.99. The number of ketones is 1. The van der Waals surface area contributed by atoms with Gasteiger partial charge in [0.25, 0.3) is 0 Å². The van der Waals surface area contributed by atoms with Gasteiger partial charge in [-0.3, -0.25) is 9.59 Å². The highest BCUT2D eigenvalue weighted by Crippen LogP contribution is 2.47. The van der Waals surface area contributed by atoms with Crippen molar-refractivity contribution >= 4 is 23.8 Å². The molecule has 0 radical (unpaired) electrons. The van der Waals surface area contributed by atoms with Gasteiger partial charge in [-0.05, 0) is 61.3 Å². The molecule has 0 saturated heterocycles. The van der Waals surface area contributed by atoms with Crippen LogP contribution in [0, 0.1) is 0 Å². The van der Waals surface area contributed by atoms with Gasteiger partial charge in [0.1, 0.15) is 22.8 Å². The number of hydrogen-bond donors (Lipinski definition) is 0. The van der Waals surface area contributed by atoms with E-state index in [-0.39, 0.29) is 30.2 Å². The lowest BCUT2D eigenvalue weighted by molar-refractivity contribution is -0.135. The summed E-state index contributed by atoms with van der Waals surface area (Å²) in [7, 11) is 1.53. The summed E-state index contributed by atoms with van der Waals surface area (Å²) in [6, 6.07) is 9.97. The van der Waals surface area contributed by atoms with Crippen molar-refractivity contribution in [2.45, 2.75) is 83.7 Å². The number of esters is 2. The maximum Gasteiger partial charge on any atom is 0.342 e. The van der Waals surface area contributed by atoms with Crippen LogP contribution in [0.1, 0.15) is 110 Å². The molecule has 37 heavy (non-hydrogen) atoms. The van der Waals surface area contributed by atoms with Gasteiger partial charge in [0.2, 0.25) is 0 Å². The number of methoxy groups -OCH3 is 1. The van der Waals surface area contributed by atoms with Crippen LogP contribution in [0.4, 0.5) is 0 Å². The van der Waals surface area contributed by atoms with E-state index in [4.69, 9.17) is 14.2 Å². The molecule has 2 unspecified atom stereocenters. The number of Topliss-reactive ketones (excluding diaryl/α,β-unsaturated/α-hetero) is 1. The fourth-order valence-electron chi connectivity index (χ4n) is 5.11. The first-order valence-corrected chi connectivity index (χ1v) is 13.2. The van der Waals surface area contributed by atoms with Crippen molar-refractivity contribution in [2.75, 3.05) is 7.11 Å². The zero-order valence-electron chi connectivity index (χ0n) is 22.2. The van der Waals surface area contributed by atoms with Crippen LogP contribution >= 0.6 is 0 Å². The van der Waals surface area contributed by atoms with Crippen LogP contribution in [0.25, 0.3) is 6.08 Å². The minimum absolute atomic E-state index is 0.151. The molecule has 6 nitrogen and oxygen atoms in total. The Morgan fingerprint density at radius 1 is 1.03 bits per heavy atom. The van der Waals surface area contributed by atoms with Gasteiger partial charge in [0.15, 0.2) is 0 Å². The molecule has 0 aromatic heterocycles. The summed E-state index contributed by atoms with van der Waals surface area (Å²) in [5, 5.41) is 0. The first-order chi connectivity index (χ1) is 17.8. The summed E-state index contributed by atoms with van der Waals surface area (Å²) in [5.74, 6) is 0.274.